The van der Waals surface area contributed by atoms with Crippen molar-refractivity contribution in [2.75, 3.05) is 19.6 Å². The number of carbonyl (C=O) groups is 2. The average Bonchev–Trinajstić information content (AvgIpc) is 3.25. The number of carbonyl (C=O) groups excluding carboxylic acids is 2. The molecule has 4 rings (SSSR count). The maximum Gasteiger partial charge on any atom is 0.317 e. The number of fused-ring (bicyclic) bond motifs is 1. The number of nitrogens with one attached hydrogen (secondary N) is 1. The van der Waals surface area contributed by atoms with Crippen molar-refractivity contribution in [3.8, 4) is 11.3 Å². The van der Waals surface area contributed by atoms with Crippen molar-refractivity contribution in [3.63, 3.8) is 0 Å². The van der Waals surface area contributed by atoms with Gasteiger partial charge in [0.05, 0.1) is 17.2 Å². The van der Waals surface area contributed by atoms with E-state index in [1.54, 1.807) is 16.2 Å². The first-order valence-electron chi connectivity index (χ1n) is 11.7. The summed E-state index contributed by atoms with van der Waals surface area (Å²) < 4.78 is 0. The number of aromatic nitrogens is 1. The normalized spacial score (nSPS) is 20.0. The van der Waals surface area contributed by atoms with Crippen molar-refractivity contribution in [2.45, 2.75) is 77.0 Å². The first kappa shape index (κ1) is 23.0. The smallest absolute Gasteiger partial charge is 0.317 e. The van der Waals surface area contributed by atoms with Crippen LogP contribution in [0.3, 0.4) is 0 Å². The number of piperidine rings is 1. The van der Waals surface area contributed by atoms with Gasteiger partial charge in [0.1, 0.15) is 5.78 Å². The molecule has 0 saturated carbocycles. The van der Waals surface area contributed by atoms with Crippen molar-refractivity contribution < 1.29 is 9.59 Å². The highest BCUT2D eigenvalue weighted by molar-refractivity contribution is 7.10. The largest absolute Gasteiger partial charge is 0.331 e. The molecule has 1 aromatic carbocycles. The molecule has 1 aromatic heterocycles. The lowest BCUT2D eigenvalue weighted by Crippen LogP contribution is -2.45. The number of hydrogen-bond acceptors (Lipinski definition) is 4. The third-order valence-electron chi connectivity index (χ3n) is 7.29. The quantitative estimate of drug-likeness (QED) is 0.652. The lowest BCUT2D eigenvalue weighted by molar-refractivity contribution is -0.116. The number of nitrogens with zero attached hydrogens (tertiary/aromatic N) is 2. The Morgan fingerprint density at radius 3 is 2.41 bits per heavy atom. The van der Waals surface area contributed by atoms with E-state index in [-0.39, 0.29) is 29.2 Å². The van der Waals surface area contributed by atoms with Crippen molar-refractivity contribution in [3.05, 3.63) is 39.7 Å². The zero-order chi connectivity index (χ0) is 23.1. The van der Waals surface area contributed by atoms with Crippen LogP contribution in [0, 0.1) is 0 Å². The summed E-state index contributed by atoms with van der Waals surface area (Å²) in [5, 5.41) is 6.05. The van der Waals surface area contributed by atoms with Gasteiger partial charge in [0.2, 0.25) is 0 Å². The lowest BCUT2D eigenvalue weighted by atomic mass is 9.63. The summed E-state index contributed by atoms with van der Waals surface area (Å²) in [5.41, 5.74) is 5.62. The Balaban J connectivity index is 1.46. The lowest BCUT2D eigenvalue weighted by Gasteiger charge is -2.42. The zero-order valence-electron chi connectivity index (χ0n) is 20.0. The minimum absolute atomic E-state index is 0.0299. The second-order valence-corrected chi connectivity index (χ2v) is 11.6. The van der Waals surface area contributed by atoms with E-state index in [1.807, 2.05) is 0 Å². The van der Waals surface area contributed by atoms with Crippen molar-refractivity contribution in [1.82, 2.24) is 15.2 Å². The fourth-order valence-corrected chi connectivity index (χ4v) is 6.00. The molecule has 1 saturated heterocycles. The minimum Gasteiger partial charge on any atom is -0.331 e. The minimum atomic E-state index is -0.141. The maximum atomic E-state index is 12.2. The predicted molar refractivity (Wildman–Crippen MR) is 130 cm³/mol. The van der Waals surface area contributed by atoms with Crippen LogP contribution in [0.5, 0.6) is 0 Å². The summed E-state index contributed by atoms with van der Waals surface area (Å²) in [6, 6.07) is 6.79. The molecule has 2 heterocycles. The SMILES string of the molecule is CC(=O)CNC(=O)N1CCC(c2nc(-c3ccc4c(c3)C(C)(C)CCC4(C)C)cs2)CC1. The number of Topliss-reactive ketones (excluding diaryl/α,β-unsaturated/α-hetero) is 1. The van der Waals surface area contributed by atoms with E-state index in [2.05, 4.69) is 56.6 Å². The summed E-state index contributed by atoms with van der Waals surface area (Å²) in [7, 11) is 0. The van der Waals surface area contributed by atoms with Crippen LogP contribution in [0.2, 0.25) is 0 Å². The summed E-state index contributed by atoms with van der Waals surface area (Å²) >= 11 is 1.74. The third-order valence-corrected chi connectivity index (χ3v) is 8.30. The number of hydrogen-bond donors (Lipinski definition) is 1. The van der Waals surface area contributed by atoms with E-state index >= 15 is 0 Å². The van der Waals surface area contributed by atoms with E-state index < -0.39 is 0 Å². The molecule has 1 aliphatic heterocycles. The Morgan fingerprint density at radius 2 is 1.75 bits per heavy atom. The van der Waals surface area contributed by atoms with Gasteiger partial charge < -0.3 is 10.2 Å². The number of ketones is 1. The third kappa shape index (κ3) is 4.61. The molecule has 2 aromatic rings. The molecule has 172 valence electrons. The van der Waals surface area contributed by atoms with Crippen LogP contribution in [0.15, 0.2) is 23.6 Å². The van der Waals surface area contributed by atoms with E-state index in [4.69, 9.17) is 4.98 Å². The van der Waals surface area contributed by atoms with Gasteiger partial charge in [0.15, 0.2) is 0 Å². The number of amides is 2. The van der Waals surface area contributed by atoms with Gasteiger partial charge in [-0.15, -0.1) is 11.3 Å². The maximum absolute atomic E-state index is 12.2. The summed E-state index contributed by atoms with van der Waals surface area (Å²) in [6.07, 6.45) is 4.24. The summed E-state index contributed by atoms with van der Waals surface area (Å²) in [6.45, 7) is 12.4. The number of likely N-dealkylation sites (tertiary alicyclic amines) is 1. The van der Waals surface area contributed by atoms with Crippen molar-refractivity contribution >= 4 is 23.2 Å². The van der Waals surface area contributed by atoms with Crippen LogP contribution < -0.4 is 5.32 Å². The topological polar surface area (TPSA) is 62.3 Å². The monoisotopic (exact) mass is 453 g/mol. The Labute approximate surface area is 195 Å². The molecule has 2 amide bonds. The molecular weight excluding hydrogens is 418 g/mol. The zero-order valence-corrected chi connectivity index (χ0v) is 20.8. The van der Waals surface area contributed by atoms with E-state index in [0.29, 0.717) is 19.0 Å². The van der Waals surface area contributed by atoms with Gasteiger partial charge >= 0.3 is 6.03 Å². The number of rotatable bonds is 4. The second-order valence-electron chi connectivity index (χ2n) is 10.7. The fraction of sp³-hybridized carbons (Fsp3) is 0.577. The number of urea groups is 1. The van der Waals surface area contributed by atoms with Gasteiger partial charge in [0.25, 0.3) is 0 Å². The molecule has 2 aliphatic rings. The van der Waals surface area contributed by atoms with Gasteiger partial charge in [-0.1, -0.05) is 39.8 Å². The Bertz CT molecular complexity index is 1020. The molecule has 6 heteroatoms. The molecule has 5 nitrogen and oxygen atoms in total. The van der Waals surface area contributed by atoms with E-state index in [0.717, 1.165) is 18.5 Å². The average molecular weight is 454 g/mol. The molecule has 0 atom stereocenters. The van der Waals surface area contributed by atoms with Crippen molar-refractivity contribution in [1.29, 1.82) is 0 Å². The Hall–Kier alpha value is -2.21. The van der Waals surface area contributed by atoms with Gasteiger partial charge in [-0.25, -0.2) is 9.78 Å². The highest BCUT2D eigenvalue weighted by Gasteiger charge is 2.37. The Kier molecular flexibility index (Phi) is 6.19. The second kappa shape index (κ2) is 8.62. The van der Waals surface area contributed by atoms with Crippen LogP contribution in [-0.4, -0.2) is 41.3 Å². The molecule has 0 bridgehead atoms. The number of thiazole rings is 1. The van der Waals surface area contributed by atoms with Crippen LogP contribution in [0.25, 0.3) is 11.3 Å². The van der Waals surface area contributed by atoms with E-state index in [9.17, 15) is 9.59 Å². The summed E-state index contributed by atoms with van der Waals surface area (Å²) in [5.74, 6) is 0.358. The van der Waals surface area contributed by atoms with Gasteiger partial charge in [-0.05, 0) is 60.6 Å². The predicted octanol–water partition coefficient (Wildman–Crippen LogP) is 5.64. The van der Waals surface area contributed by atoms with Crippen LogP contribution in [-0.2, 0) is 15.6 Å². The molecule has 1 N–H and O–H groups in total. The highest BCUT2D eigenvalue weighted by atomic mass is 32.1. The highest BCUT2D eigenvalue weighted by Crippen LogP contribution is 2.47. The molecule has 0 radical (unpaired) electrons. The van der Waals surface area contributed by atoms with Gasteiger partial charge in [-0.3, -0.25) is 4.79 Å². The van der Waals surface area contributed by atoms with Crippen LogP contribution >= 0.6 is 11.3 Å². The van der Waals surface area contributed by atoms with Gasteiger partial charge in [-0.2, -0.15) is 0 Å². The van der Waals surface area contributed by atoms with Crippen molar-refractivity contribution in [2.24, 2.45) is 0 Å². The van der Waals surface area contributed by atoms with Crippen LogP contribution in [0.1, 0.15) is 82.4 Å². The number of benzene rings is 1. The molecule has 1 fully saturated rings. The first-order chi connectivity index (χ1) is 15.1. The Morgan fingerprint density at radius 1 is 1.09 bits per heavy atom. The van der Waals surface area contributed by atoms with E-state index in [1.165, 1.54) is 41.5 Å². The molecule has 0 unspecified atom stereocenters. The molecule has 32 heavy (non-hydrogen) atoms. The molecule has 1 aliphatic carbocycles. The van der Waals surface area contributed by atoms with Crippen LogP contribution in [0.4, 0.5) is 4.79 Å². The summed E-state index contributed by atoms with van der Waals surface area (Å²) in [4.78, 5) is 30.1. The molecular formula is C26H35N3O2S. The van der Waals surface area contributed by atoms with Gasteiger partial charge in [0, 0.05) is 30.0 Å². The standard InChI is InChI=1S/C26H35N3O2S/c1-17(30)15-27-24(31)29-12-8-18(9-13-29)23-28-22(16-32-23)19-6-7-20-21(14-19)26(4,5)11-10-25(20,2)3/h6-7,14,16,18H,8-13,15H2,1-5H3,(H,27,31). The molecule has 0 spiro atoms. The first-order valence-corrected chi connectivity index (χ1v) is 12.6. The fourth-order valence-electron chi connectivity index (χ4n) is 5.00.